The number of rotatable bonds is 3. The van der Waals surface area contributed by atoms with Crippen molar-refractivity contribution in [1.82, 2.24) is 0 Å². The minimum absolute atomic E-state index is 0.364. The number of carbonyl (C=O) groups is 1. The van der Waals surface area contributed by atoms with Crippen molar-refractivity contribution in [2.45, 2.75) is 6.18 Å². The van der Waals surface area contributed by atoms with Crippen LogP contribution < -0.4 is 5.73 Å². The SMILES string of the molecule is Nc1ccc(/C=C/C(=O)c2ccccc2C(F)(F)F)cc1. The zero-order chi connectivity index (χ0) is 15.5. The molecule has 2 nitrogen and oxygen atoms in total. The van der Waals surface area contributed by atoms with Gasteiger partial charge in [-0.15, -0.1) is 0 Å². The van der Waals surface area contributed by atoms with Crippen LogP contribution in [0.5, 0.6) is 0 Å². The van der Waals surface area contributed by atoms with E-state index in [1.54, 1.807) is 24.3 Å². The average Bonchev–Trinajstić information content (AvgIpc) is 2.45. The van der Waals surface area contributed by atoms with Crippen LogP contribution in [0.1, 0.15) is 21.5 Å². The van der Waals surface area contributed by atoms with E-state index in [2.05, 4.69) is 0 Å². The summed E-state index contributed by atoms with van der Waals surface area (Å²) in [6.07, 6.45) is -1.98. The van der Waals surface area contributed by atoms with Gasteiger partial charge in [-0.1, -0.05) is 36.4 Å². The van der Waals surface area contributed by atoms with Gasteiger partial charge in [0.15, 0.2) is 5.78 Å². The van der Waals surface area contributed by atoms with Gasteiger partial charge in [-0.3, -0.25) is 4.79 Å². The molecule has 0 aliphatic rings. The molecule has 0 aliphatic carbocycles. The van der Waals surface area contributed by atoms with Gasteiger partial charge in [0.1, 0.15) is 0 Å². The second-order valence-corrected chi connectivity index (χ2v) is 4.41. The van der Waals surface area contributed by atoms with Gasteiger partial charge in [0, 0.05) is 11.3 Å². The van der Waals surface area contributed by atoms with Gasteiger partial charge in [0.25, 0.3) is 0 Å². The molecule has 5 heteroatoms. The number of nitrogens with two attached hydrogens (primary N) is 1. The quantitative estimate of drug-likeness (QED) is 0.523. The lowest BCUT2D eigenvalue weighted by molar-refractivity contribution is -0.137. The number of allylic oxidation sites excluding steroid dienone is 1. The summed E-state index contributed by atoms with van der Waals surface area (Å²) < 4.78 is 38.5. The first-order valence-corrected chi connectivity index (χ1v) is 6.12. The summed E-state index contributed by atoms with van der Waals surface area (Å²) in [6.45, 7) is 0. The molecule has 0 saturated heterocycles. The number of hydrogen-bond acceptors (Lipinski definition) is 2. The van der Waals surface area contributed by atoms with Crippen LogP contribution in [-0.2, 0) is 6.18 Å². The van der Waals surface area contributed by atoms with Gasteiger partial charge < -0.3 is 5.73 Å². The van der Waals surface area contributed by atoms with Crippen LogP contribution in [-0.4, -0.2) is 5.78 Å². The Balaban J connectivity index is 2.27. The van der Waals surface area contributed by atoms with Gasteiger partial charge in [0.05, 0.1) is 5.56 Å². The van der Waals surface area contributed by atoms with Crippen molar-refractivity contribution in [1.29, 1.82) is 0 Å². The van der Waals surface area contributed by atoms with E-state index in [1.165, 1.54) is 24.3 Å². The fourth-order valence-electron chi connectivity index (χ4n) is 1.81. The molecule has 0 aromatic heterocycles. The second kappa shape index (κ2) is 5.83. The number of alkyl halides is 3. The van der Waals surface area contributed by atoms with Crippen molar-refractivity contribution in [3.63, 3.8) is 0 Å². The molecule has 0 radical (unpaired) electrons. The van der Waals surface area contributed by atoms with E-state index < -0.39 is 17.5 Å². The number of anilines is 1. The lowest BCUT2D eigenvalue weighted by atomic mass is 10.0. The van der Waals surface area contributed by atoms with Crippen molar-refractivity contribution in [2.75, 3.05) is 5.73 Å². The maximum atomic E-state index is 12.8. The lowest BCUT2D eigenvalue weighted by Gasteiger charge is -2.10. The Morgan fingerprint density at radius 1 is 1.00 bits per heavy atom. The highest BCUT2D eigenvalue weighted by Crippen LogP contribution is 2.32. The summed E-state index contributed by atoms with van der Waals surface area (Å²) >= 11 is 0. The van der Waals surface area contributed by atoms with E-state index in [-0.39, 0.29) is 5.56 Å². The molecule has 0 aliphatic heterocycles. The molecule has 2 N–H and O–H groups in total. The number of halogens is 3. The molecular formula is C16H12F3NO. The van der Waals surface area contributed by atoms with Crippen LogP contribution in [0.15, 0.2) is 54.6 Å². The van der Waals surface area contributed by atoms with Crippen molar-refractivity contribution in [2.24, 2.45) is 0 Å². The maximum absolute atomic E-state index is 12.8. The van der Waals surface area contributed by atoms with Gasteiger partial charge >= 0.3 is 6.18 Å². The van der Waals surface area contributed by atoms with Gasteiger partial charge in [-0.25, -0.2) is 0 Å². The van der Waals surface area contributed by atoms with Crippen LogP contribution in [0.4, 0.5) is 18.9 Å². The van der Waals surface area contributed by atoms with Crippen LogP contribution in [0.2, 0.25) is 0 Å². The van der Waals surface area contributed by atoms with E-state index in [0.717, 1.165) is 12.1 Å². The number of nitrogen functional groups attached to an aromatic ring is 1. The molecule has 0 amide bonds. The Bertz CT molecular complexity index is 673. The van der Waals surface area contributed by atoms with E-state index in [9.17, 15) is 18.0 Å². The first-order valence-electron chi connectivity index (χ1n) is 6.12. The summed E-state index contributed by atoms with van der Waals surface area (Å²) in [5, 5.41) is 0. The Hall–Kier alpha value is -2.56. The van der Waals surface area contributed by atoms with Crippen LogP contribution >= 0.6 is 0 Å². The Morgan fingerprint density at radius 2 is 1.62 bits per heavy atom. The van der Waals surface area contributed by atoms with Crippen molar-refractivity contribution >= 4 is 17.5 Å². The highest BCUT2D eigenvalue weighted by Gasteiger charge is 2.34. The highest BCUT2D eigenvalue weighted by atomic mass is 19.4. The maximum Gasteiger partial charge on any atom is 0.417 e. The van der Waals surface area contributed by atoms with Crippen molar-refractivity contribution < 1.29 is 18.0 Å². The van der Waals surface area contributed by atoms with Crippen LogP contribution in [0, 0.1) is 0 Å². The normalized spacial score (nSPS) is 11.8. The van der Waals surface area contributed by atoms with Crippen LogP contribution in [0.25, 0.3) is 6.08 Å². The van der Waals surface area contributed by atoms with E-state index in [0.29, 0.717) is 11.3 Å². The van der Waals surface area contributed by atoms with Crippen LogP contribution in [0.3, 0.4) is 0 Å². The number of carbonyl (C=O) groups excluding carboxylic acids is 1. The van der Waals surface area contributed by atoms with E-state index >= 15 is 0 Å². The van der Waals surface area contributed by atoms with Crippen molar-refractivity contribution in [3.05, 3.63) is 71.3 Å². The molecule has 0 heterocycles. The smallest absolute Gasteiger partial charge is 0.399 e. The number of hydrogen-bond donors (Lipinski definition) is 1. The van der Waals surface area contributed by atoms with E-state index in [4.69, 9.17) is 5.73 Å². The predicted octanol–water partition coefficient (Wildman–Crippen LogP) is 4.18. The average molecular weight is 291 g/mol. The third kappa shape index (κ3) is 3.72. The molecule has 2 rings (SSSR count). The first kappa shape index (κ1) is 14.8. The Labute approximate surface area is 119 Å². The standard InChI is InChI=1S/C16H12F3NO/c17-16(18,19)14-4-2-1-3-13(14)15(21)10-7-11-5-8-12(20)9-6-11/h1-10H,20H2/b10-7+. The number of ketones is 1. The monoisotopic (exact) mass is 291 g/mol. The first-order chi connectivity index (χ1) is 9.88. The minimum atomic E-state index is -4.55. The topological polar surface area (TPSA) is 43.1 Å². The third-order valence-corrected chi connectivity index (χ3v) is 2.86. The summed E-state index contributed by atoms with van der Waals surface area (Å²) in [5.41, 5.74) is 5.48. The molecule has 2 aromatic carbocycles. The molecular weight excluding hydrogens is 279 g/mol. The summed E-state index contributed by atoms with van der Waals surface area (Å²) in [7, 11) is 0. The fourth-order valence-corrected chi connectivity index (χ4v) is 1.81. The largest absolute Gasteiger partial charge is 0.417 e. The molecule has 0 fully saturated rings. The zero-order valence-corrected chi connectivity index (χ0v) is 10.9. The molecule has 0 bridgehead atoms. The van der Waals surface area contributed by atoms with Gasteiger partial charge in [-0.2, -0.15) is 13.2 Å². The van der Waals surface area contributed by atoms with Gasteiger partial charge in [-0.05, 0) is 29.8 Å². The van der Waals surface area contributed by atoms with Gasteiger partial charge in [0.2, 0.25) is 0 Å². The lowest BCUT2D eigenvalue weighted by Crippen LogP contribution is -2.11. The molecule has 0 unspecified atom stereocenters. The van der Waals surface area contributed by atoms with Crippen molar-refractivity contribution in [3.8, 4) is 0 Å². The molecule has 0 spiro atoms. The molecule has 108 valence electrons. The Morgan fingerprint density at radius 3 is 2.24 bits per heavy atom. The molecule has 21 heavy (non-hydrogen) atoms. The Kier molecular flexibility index (Phi) is 4.12. The zero-order valence-electron chi connectivity index (χ0n) is 10.9. The number of benzene rings is 2. The summed E-state index contributed by atoms with van der Waals surface area (Å²) in [4.78, 5) is 11.9. The second-order valence-electron chi connectivity index (χ2n) is 4.41. The third-order valence-electron chi connectivity index (χ3n) is 2.86. The highest BCUT2D eigenvalue weighted by molar-refractivity contribution is 6.07. The minimum Gasteiger partial charge on any atom is -0.399 e. The molecule has 0 atom stereocenters. The predicted molar refractivity (Wildman–Crippen MR) is 75.7 cm³/mol. The molecule has 0 saturated carbocycles. The summed E-state index contributed by atoms with van der Waals surface area (Å²) in [5.74, 6) is -0.695. The fraction of sp³-hybridized carbons (Fsp3) is 0.0625. The van der Waals surface area contributed by atoms with E-state index in [1.807, 2.05) is 0 Å². The molecule has 2 aromatic rings. The summed E-state index contributed by atoms with van der Waals surface area (Å²) in [6, 6.07) is 11.4.